The lowest BCUT2D eigenvalue weighted by molar-refractivity contribution is 0.103. The zero-order valence-electron chi connectivity index (χ0n) is 12.8. The number of carbonyl (C=O) groups is 1. The van der Waals surface area contributed by atoms with Crippen LogP contribution in [0.25, 0.3) is 0 Å². The van der Waals surface area contributed by atoms with Gasteiger partial charge in [0.15, 0.2) is 0 Å². The lowest BCUT2D eigenvalue weighted by Crippen LogP contribution is -2.47. The standard InChI is InChI=1S/C16H24N2O3/c1-13(2)12-21-15-5-3-4-14(10-15)11-17-6-8-18(9-7-17)16(19)20/h3-5,10,13H,6-9,11-12H2,1-2H3,(H,19,20). The quantitative estimate of drug-likeness (QED) is 0.906. The van der Waals surface area contributed by atoms with Gasteiger partial charge >= 0.3 is 6.09 Å². The molecule has 1 fully saturated rings. The van der Waals surface area contributed by atoms with Crippen molar-refractivity contribution < 1.29 is 14.6 Å². The molecule has 0 spiro atoms. The summed E-state index contributed by atoms with van der Waals surface area (Å²) in [7, 11) is 0. The lowest BCUT2D eigenvalue weighted by Gasteiger charge is -2.33. The van der Waals surface area contributed by atoms with Gasteiger partial charge in [0.25, 0.3) is 0 Å². The molecule has 1 heterocycles. The average Bonchev–Trinajstić information content (AvgIpc) is 2.46. The Morgan fingerprint density at radius 2 is 2.00 bits per heavy atom. The maximum Gasteiger partial charge on any atom is 0.407 e. The molecule has 116 valence electrons. The summed E-state index contributed by atoms with van der Waals surface area (Å²) >= 11 is 0. The highest BCUT2D eigenvalue weighted by Gasteiger charge is 2.20. The molecule has 0 unspecified atom stereocenters. The maximum absolute atomic E-state index is 10.9. The van der Waals surface area contributed by atoms with E-state index >= 15 is 0 Å². The molecular weight excluding hydrogens is 268 g/mol. The number of amides is 1. The molecule has 1 aliphatic heterocycles. The summed E-state index contributed by atoms with van der Waals surface area (Å²) in [5.41, 5.74) is 1.21. The first kappa shape index (κ1) is 15.6. The van der Waals surface area contributed by atoms with Gasteiger partial charge < -0.3 is 14.7 Å². The van der Waals surface area contributed by atoms with E-state index in [9.17, 15) is 4.79 Å². The Bertz CT molecular complexity index is 468. The third-order valence-electron chi connectivity index (χ3n) is 3.53. The van der Waals surface area contributed by atoms with Gasteiger partial charge in [0.2, 0.25) is 0 Å². The highest BCUT2D eigenvalue weighted by atomic mass is 16.5. The summed E-state index contributed by atoms with van der Waals surface area (Å²) in [4.78, 5) is 14.6. The summed E-state index contributed by atoms with van der Waals surface area (Å²) in [5.74, 6) is 1.42. The predicted molar refractivity (Wildman–Crippen MR) is 81.6 cm³/mol. The Kier molecular flexibility index (Phi) is 5.44. The fourth-order valence-corrected chi connectivity index (χ4v) is 2.35. The second-order valence-corrected chi connectivity index (χ2v) is 5.90. The number of benzene rings is 1. The summed E-state index contributed by atoms with van der Waals surface area (Å²) in [6.45, 7) is 8.55. The minimum Gasteiger partial charge on any atom is -0.493 e. The van der Waals surface area contributed by atoms with Gasteiger partial charge in [-0.1, -0.05) is 26.0 Å². The molecule has 0 aliphatic carbocycles. The SMILES string of the molecule is CC(C)COc1cccc(CN2CCN(C(=O)O)CC2)c1. The summed E-state index contributed by atoms with van der Waals surface area (Å²) in [6, 6.07) is 8.16. The second-order valence-electron chi connectivity index (χ2n) is 5.90. The second kappa shape index (κ2) is 7.31. The molecule has 0 aromatic heterocycles. The third kappa shape index (κ3) is 4.93. The molecular formula is C16H24N2O3. The van der Waals surface area contributed by atoms with Crippen molar-refractivity contribution in [1.82, 2.24) is 9.80 Å². The first-order chi connectivity index (χ1) is 10.0. The van der Waals surface area contributed by atoms with Crippen molar-refractivity contribution in [1.29, 1.82) is 0 Å². The molecule has 5 nitrogen and oxygen atoms in total. The lowest BCUT2D eigenvalue weighted by atomic mass is 10.2. The molecule has 1 N–H and O–H groups in total. The highest BCUT2D eigenvalue weighted by Crippen LogP contribution is 2.16. The highest BCUT2D eigenvalue weighted by molar-refractivity contribution is 5.65. The summed E-state index contributed by atoms with van der Waals surface area (Å²) in [6.07, 6.45) is -0.821. The molecule has 1 aliphatic rings. The Labute approximate surface area is 126 Å². The van der Waals surface area contributed by atoms with Crippen LogP contribution >= 0.6 is 0 Å². The Balaban J connectivity index is 1.86. The van der Waals surface area contributed by atoms with Gasteiger partial charge in [-0.3, -0.25) is 4.90 Å². The van der Waals surface area contributed by atoms with Crippen molar-refractivity contribution in [3.05, 3.63) is 29.8 Å². The molecule has 0 atom stereocenters. The van der Waals surface area contributed by atoms with E-state index in [0.29, 0.717) is 19.0 Å². The number of rotatable bonds is 5. The van der Waals surface area contributed by atoms with Gasteiger partial charge in [-0.05, 0) is 23.6 Å². The van der Waals surface area contributed by atoms with E-state index in [2.05, 4.69) is 30.9 Å². The van der Waals surface area contributed by atoms with Gasteiger partial charge in [-0.15, -0.1) is 0 Å². The maximum atomic E-state index is 10.9. The van der Waals surface area contributed by atoms with Crippen molar-refractivity contribution in [3.63, 3.8) is 0 Å². The zero-order chi connectivity index (χ0) is 15.2. The fourth-order valence-electron chi connectivity index (χ4n) is 2.35. The van der Waals surface area contributed by atoms with E-state index in [-0.39, 0.29) is 0 Å². The number of carboxylic acid groups (broad SMARTS) is 1. The topological polar surface area (TPSA) is 53.0 Å². The monoisotopic (exact) mass is 292 g/mol. The molecule has 21 heavy (non-hydrogen) atoms. The molecule has 1 aromatic carbocycles. The van der Waals surface area contributed by atoms with E-state index in [1.807, 2.05) is 12.1 Å². The van der Waals surface area contributed by atoms with E-state index < -0.39 is 6.09 Å². The minimum atomic E-state index is -0.821. The van der Waals surface area contributed by atoms with E-state index in [0.717, 1.165) is 32.0 Å². The van der Waals surface area contributed by atoms with Gasteiger partial charge in [-0.25, -0.2) is 4.79 Å². The molecule has 2 rings (SSSR count). The smallest absolute Gasteiger partial charge is 0.407 e. The summed E-state index contributed by atoms with van der Waals surface area (Å²) < 4.78 is 5.74. The third-order valence-corrected chi connectivity index (χ3v) is 3.53. The molecule has 0 bridgehead atoms. The van der Waals surface area contributed by atoms with Crippen molar-refractivity contribution in [3.8, 4) is 5.75 Å². The van der Waals surface area contributed by atoms with Crippen molar-refractivity contribution in [2.45, 2.75) is 20.4 Å². The van der Waals surface area contributed by atoms with Gasteiger partial charge in [-0.2, -0.15) is 0 Å². The van der Waals surface area contributed by atoms with Crippen molar-refractivity contribution >= 4 is 6.09 Å². The minimum absolute atomic E-state index is 0.512. The fraction of sp³-hybridized carbons (Fsp3) is 0.562. The van der Waals surface area contributed by atoms with Crippen LogP contribution < -0.4 is 4.74 Å². The van der Waals surface area contributed by atoms with Crippen LogP contribution in [0.1, 0.15) is 19.4 Å². The zero-order valence-corrected chi connectivity index (χ0v) is 12.8. The first-order valence-corrected chi connectivity index (χ1v) is 7.46. The van der Waals surface area contributed by atoms with E-state index in [1.54, 1.807) is 0 Å². The van der Waals surface area contributed by atoms with Crippen LogP contribution in [0.4, 0.5) is 4.79 Å². The van der Waals surface area contributed by atoms with Crippen molar-refractivity contribution in [2.24, 2.45) is 5.92 Å². The van der Waals surface area contributed by atoms with E-state index in [4.69, 9.17) is 9.84 Å². The largest absolute Gasteiger partial charge is 0.493 e. The van der Waals surface area contributed by atoms with Gasteiger partial charge in [0.05, 0.1) is 6.61 Å². The molecule has 0 saturated carbocycles. The van der Waals surface area contributed by atoms with Crippen molar-refractivity contribution in [2.75, 3.05) is 32.8 Å². The molecule has 1 amide bonds. The number of hydrogen-bond donors (Lipinski definition) is 1. The Morgan fingerprint density at radius 1 is 1.29 bits per heavy atom. The Morgan fingerprint density at radius 3 is 2.62 bits per heavy atom. The molecule has 5 heteroatoms. The number of nitrogens with zero attached hydrogens (tertiary/aromatic N) is 2. The van der Waals surface area contributed by atoms with E-state index in [1.165, 1.54) is 10.5 Å². The molecule has 0 radical (unpaired) electrons. The normalized spacial score (nSPS) is 16.2. The number of hydrogen-bond acceptors (Lipinski definition) is 3. The van der Waals surface area contributed by atoms with Crippen LogP contribution in [0.2, 0.25) is 0 Å². The van der Waals surface area contributed by atoms with Crippen LogP contribution in [0.5, 0.6) is 5.75 Å². The molecule has 1 saturated heterocycles. The Hall–Kier alpha value is -1.75. The number of ether oxygens (including phenoxy) is 1. The molecule has 1 aromatic rings. The number of piperazine rings is 1. The van der Waals surface area contributed by atoms with Gasteiger partial charge in [0, 0.05) is 32.7 Å². The van der Waals surface area contributed by atoms with Crippen LogP contribution in [-0.2, 0) is 6.54 Å². The first-order valence-electron chi connectivity index (χ1n) is 7.46. The van der Waals surface area contributed by atoms with Crippen LogP contribution in [0.15, 0.2) is 24.3 Å². The summed E-state index contributed by atoms with van der Waals surface area (Å²) in [5, 5.41) is 8.95. The van der Waals surface area contributed by atoms with Crippen LogP contribution in [0, 0.1) is 5.92 Å². The van der Waals surface area contributed by atoms with Crippen LogP contribution in [0.3, 0.4) is 0 Å². The average molecular weight is 292 g/mol. The van der Waals surface area contributed by atoms with Crippen LogP contribution in [-0.4, -0.2) is 53.8 Å². The predicted octanol–water partition coefficient (Wildman–Crippen LogP) is 2.52. The van der Waals surface area contributed by atoms with Gasteiger partial charge in [0.1, 0.15) is 5.75 Å².